The molecule has 1 aliphatic carbocycles. The number of aryl methyl sites for hydroxylation is 1. The first kappa shape index (κ1) is 27.7. The van der Waals surface area contributed by atoms with Gasteiger partial charge in [-0.25, -0.2) is 0 Å². The van der Waals surface area contributed by atoms with E-state index in [9.17, 15) is 15.2 Å². The van der Waals surface area contributed by atoms with Crippen molar-refractivity contribution >= 4 is 11.7 Å². The van der Waals surface area contributed by atoms with Crippen molar-refractivity contribution < 1.29 is 9.90 Å². The molecule has 1 amide bonds. The minimum atomic E-state index is -0.890. The maximum atomic E-state index is 12.4. The molecule has 1 saturated heterocycles. The maximum absolute atomic E-state index is 12.4. The average Bonchev–Trinajstić information content (AvgIpc) is 3.50. The fraction of sp³-hybridized carbons (Fsp3) is 0.375. The van der Waals surface area contributed by atoms with Gasteiger partial charge in [0.05, 0.1) is 24.2 Å². The number of amides is 1. The fourth-order valence-electron chi connectivity index (χ4n) is 6.18. The number of aliphatic hydroxyl groups is 1. The van der Waals surface area contributed by atoms with Gasteiger partial charge < -0.3 is 16.2 Å². The molecular formula is C32H36N8O2. The zero-order chi connectivity index (χ0) is 29.3. The molecule has 42 heavy (non-hydrogen) atoms. The second-order valence-electron chi connectivity index (χ2n) is 11.6. The lowest BCUT2D eigenvalue weighted by Gasteiger charge is -2.40. The third kappa shape index (κ3) is 5.66. The Morgan fingerprint density at radius 1 is 1.14 bits per heavy atom. The smallest absolute Gasteiger partial charge is 0.254 e. The number of likely N-dealkylation sites (tertiary alicyclic amines) is 1. The van der Waals surface area contributed by atoms with E-state index in [0.717, 1.165) is 31.6 Å². The third-order valence-electron chi connectivity index (χ3n) is 8.81. The lowest BCUT2D eigenvalue weighted by molar-refractivity contribution is 0.0966. The van der Waals surface area contributed by atoms with Crippen molar-refractivity contribution in [2.24, 2.45) is 18.7 Å². The topological polar surface area (TPSA) is 138 Å². The molecule has 6 rings (SSSR count). The van der Waals surface area contributed by atoms with E-state index in [1.807, 2.05) is 37.6 Å². The molecule has 1 aliphatic heterocycles. The highest BCUT2D eigenvalue weighted by molar-refractivity contribution is 5.97. The van der Waals surface area contributed by atoms with Crippen molar-refractivity contribution in [1.82, 2.24) is 24.5 Å². The highest BCUT2D eigenvalue weighted by atomic mass is 16.3. The molecule has 0 spiro atoms. The summed E-state index contributed by atoms with van der Waals surface area (Å²) in [5.41, 5.74) is 10.1. The van der Waals surface area contributed by atoms with Crippen molar-refractivity contribution in [3.05, 3.63) is 89.9 Å². The van der Waals surface area contributed by atoms with Crippen molar-refractivity contribution in [2.75, 3.05) is 18.4 Å². The summed E-state index contributed by atoms with van der Waals surface area (Å²) in [4.78, 5) is 14.8. The number of piperidine rings is 1. The summed E-state index contributed by atoms with van der Waals surface area (Å²) < 4.78 is 3.49. The molecule has 2 aromatic carbocycles. The van der Waals surface area contributed by atoms with Crippen LogP contribution in [0, 0.1) is 17.2 Å². The molecule has 216 valence electrons. The van der Waals surface area contributed by atoms with Crippen LogP contribution in [0.25, 0.3) is 11.1 Å². The summed E-state index contributed by atoms with van der Waals surface area (Å²) in [6.45, 7) is 2.39. The van der Waals surface area contributed by atoms with Gasteiger partial charge in [-0.3, -0.25) is 19.1 Å². The molecule has 2 aromatic heterocycles. The highest BCUT2D eigenvalue weighted by Crippen LogP contribution is 2.49. The van der Waals surface area contributed by atoms with E-state index in [4.69, 9.17) is 10.8 Å². The van der Waals surface area contributed by atoms with E-state index in [1.54, 1.807) is 15.6 Å². The molecular weight excluding hydrogens is 528 g/mol. The Bertz CT molecular complexity index is 1580. The second-order valence-corrected chi connectivity index (χ2v) is 11.6. The van der Waals surface area contributed by atoms with Gasteiger partial charge in [-0.05, 0) is 47.4 Å². The quantitative estimate of drug-likeness (QED) is 0.249. The van der Waals surface area contributed by atoms with Crippen molar-refractivity contribution in [3.8, 4) is 17.2 Å². The number of nitrogens with one attached hydrogen (secondary N) is 1. The zero-order valence-electron chi connectivity index (χ0n) is 23.7. The first-order valence-corrected chi connectivity index (χ1v) is 14.4. The van der Waals surface area contributed by atoms with E-state index >= 15 is 0 Å². The van der Waals surface area contributed by atoms with Crippen LogP contribution in [-0.4, -0.2) is 54.8 Å². The van der Waals surface area contributed by atoms with Crippen LogP contribution in [0.15, 0.2) is 73.2 Å². The number of anilines is 1. The van der Waals surface area contributed by atoms with Gasteiger partial charge in [0.15, 0.2) is 5.82 Å². The predicted octanol–water partition coefficient (Wildman–Crippen LogP) is 3.82. The molecule has 4 N–H and O–H groups in total. The van der Waals surface area contributed by atoms with Gasteiger partial charge in [-0.1, -0.05) is 54.6 Å². The number of hydrogen-bond acceptors (Lipinski definition) is 7. The fourth-order valence-corrected chi connectivity index (χ4v) is 6.18. The van der Waals surface area contributed by atoms with Gasteiger partial charge in [-0.15, -0.1) is 0 Å². The monoisotopic (exact) mass is 564 g/mol. The van der Waals surface area contributed by atoms with Crippen molar-refractivity contribution in [1.29, 1.82) is 5.26 Å². The maximum Gasteiger partial charge on any atom is 0.254 e. The number of carbonyl (C=O) groups is 1. The van der Waals surface area contributed by atoms with E-state index in [0.29, 0.717) is 12.8 Å². The Kier molecular flexibility index (Phi) is 7.54. The largest absolute Gasteiger partial charge is 0.373 e. The van der Waals surface area contributed by atoms with Crippen LogP contribution in [-0.2, 0) is 19.1 Å². The minimum absolute atomic E-state index is 0.0156. The molecule has 4 aromatic rings. The second kappa shape index (κ2) is 11.4. The van der Waals surface area contributed by atoms with Gasteiger partial charge >= 0.3 is 0 Å². The molecule has 0 bridgehead atoms. The van der Waals surface area contributed by atoms with Crippen LogP contribution in [0.1, 0.15) is 53.1 Å². The number of hydrogen-bond donors (Lipinski definition) is 3. The molecule has 1 saturated carbocycles. The van der Waals surface area contributed by atoms with E-state index in [1.165, 1.54) is 16.7 Å². The Labute approximate surface area is 245 Å². The van der Waals surface area contributed by atoms with E-state index < -0.39 is 17.7 Å². The Balaban J connectivity index is 1.13. The third-order valence-corrected chi connectivity index (χ3v) is 8.81. The molecule has 3 atom stereocenters. The summed E-state index contributed by atoms with van der Waals surface area (Å²) in [6, 6.07) is 21.3. The number of nitriles is 1. The number of aliphatic hydroxyl groups excluding tert-OH is 1. The lowest BCUT2D eigenvalue weighted by atomic mass is 9.84. The molecule has 0 radical (unpaired) electrons. The van der Waals surface area contributed by atoms with Gasteiger partial charge in [0, 0.05) is 45.0 Å². The first-order valence-electron chi connectivity index (χ1n) is 14.4. The number of aromatic nitrogens is 4. The van der Waals surface area contributed by atoms with Crippen LogP contribution in [0.4, 0.5) is 5.82 Å². The van der Waals surface area contributed by atoms with E-state index in [-0.39, 0.29) is 29.6 Å². The Morgan fingerprint density at radius 3 is 2.50 bits per heavy atom. The molecule has 2 fully saturated rings. The number of nitrogens with two attached hydrogens (primary N) is 1. The minimum Gasteiger partial charge on any atom is -0.373 e. The van der Waals surface area contributed by atoms with Gasteiger partial charge in [0.1, 0.15) is 11.8 Å². The normalized spacial score (nSPS) is 20.5. The summed E-state index contributed by atoms with van der Waals surface area (Å²) in [6.07, 6.45) is 7.01. The summed E-state index contributed by atoms with van der Waals surface area (Å²) >= 11 is 0. The SMILES string of the molecule is Cn1cc([C@H]2C[C@@H]2C(O)Nc2nn(C3(CC#N)CCN(Cc4ccc(-c5ccccc5)cc4)CC3)cc2C(N)=O)cn1. The van der Waals surface area contributed by atoms with Crippen LogP contribution < -0.4 is 11.1 Å². The summed E-state index contributed by atoms with van der Waals surface area (Å²) in [7, 11) is 1.87. The number of rotatable bonds is 10. The molecule has 3 heterocycles. The standard InChI is InChI=1S/C32H36N8O2/c1-38-20-25(18-35-38)26-17-27(26)31(42)36-30-28(29(34)41)21-40(37-30)32(11-14-33)12-15-39(16-13-32)19-22-7-9-24(10-8-22)23-5-3-2-4-6-23/h2-10,18,20-21,26-27,31,42H,11-13,15-17,19H2,1H3,(H2,34,41)(H,36,37)/t26-,27+,31?/m1/s1. The average molecular weight is 565 g/mol. The number of carbonyl (C=O) groups excluding carboxylic acids is 1. The van der Waals surface area contributed by atoms with Gasteiger partial charge in [0.2, 0.25) is 0 Å². The van der Waals surface area contributed by atoms with E-state index in [2.05, 4.69) is 57.8 Å². The number of primary amides is 1. The summed E-state index contributed by atoms with van der Waals surface area (Å²) in [5, 5.41) is 32.7. The van der Waals surface area contributed by atoms with Gasteiger partial charge in [0.25, 0.3) is 5.91 Å². The first-order chi connectivity index (χ1) is 20.3. The van der Waals surface area contributed by atoms with Crippen molar-refractivity contribution in [2.45, 2.75) is 49.9 Å². The van der Waals surface area contributed by atoms with Crippen LogP contribution >= 0.6 is 0 Å². The Hall–Kier alpha value is -4.46. The molecule has 10 heteroatoms. The lowest BCUT2D eigenvalue weighted by Crippen LogP contribution is -2.46. The molecule has 10 nitrogen and oxygen atoms in total. The van der Waals surface area contributed by atoms with Crippen LogP contribution in [0.5, 0.6) is 0 Å². The summed E-state index contributed by atoms with van der Waals surface area (Å²) in [5.74, 6) is -0.189. The molecule has 2 aliphatic rings. The highest BCUT2D eigenvalue weighted by Gasteiger charge is 2.45. The van der Waals surface area contributed by atoms with Crippen LogP contribution in [0.3, 0.4) is 0 Å². The zero-order valence-corrected chi connectivity index (χ0v) is 23.7. The number of nitrogens with zero attached hydrogens (tertiary/aromatic N) is 6. The number of benzene rings is 2. The van der Waals surface area contributed by atoms with Crippen molar-refractivity contribution in [3.63, 3.8) is 0 Å². The molecule has 1 unspecified atom stereocenters. The van der Waals surface area contributed by atoms with Gasteiger partial charge in [-0.2, -0.15) is 15.5 Å². The van der Waals surface area contributed by atoms with Crippen LogP contribution in [0.2, 0.25) is 0 Å². The predicted molar refractivity (Wildman–Crippen MR) is 159 cm³/mol. The Morgan fingerprint density at radius 2 is 1.86 bits per heavy atom.